The smallest absolute Gasteiger partial charge is 0.164 e. The van der Waals surface area contributed by atoms with Crippen LogP contribution in [0.25, 0.3) is 0 Å². The molecule has 0 heterocycles. The van der Waals surface area contributed by atoms with Crippen LogP contribution in [0.15, 0.2) is 49.1 Å². The summed E-state index contributed by atoms with van der Waals surface area (Å²) >= 11 is 0. The van der Waals surface area contributed by atoms with Gasteiger partial charge in [0.15, 0.2) is 11.5 Å². The van der Waals surface area contributed by atoms with E-state index in [4.69, 9.17) is 9.47 Å². The van der Waals surface area contributed by atoms with E-state index in [2.05, 4.69) is 55.2 Å². The quantitative estimate of drug-likeness (QED) is 0.589. The lowest BCUT2D eigenvalue weighted by Gasteiger charge is -2.17. The Kier molecular flexibility index (Phi) is 7.39. The molecule has 2 aromatic carbocycles. The van der Waals surface area contributed by atoms with E-state index in [1.54, 1.807) is 0 Å². The van der Waals surface area contributed by atoms with E-state index in [9.17, 15) is 0 Å². The average Bonchev–Trinajstić information content (AvgIpc) is 2.63. The highest BCUT2D eigenvalue weighted by Gasteiger charge is 2.13. The number of rotatable bonds is 10. The molecule has 0 radical (unpaired) electrons. The van der Waals surface area contributed by atoms with Gasteiger partial charge in [0.2, 0.25) is 0 Å². The minimum atomic E-state index is 0.614. The molecule has 0 saturated heterocycles. The lowest BCUT2D eigenvalue weighted by molar-refractivity contribution is 0.285. The van der Waals surface area contributed by atoms with Crippen LogP contribution in [0.1, 0.15) is 37.5 Å². The SMILES string of the molecule is C=CCc1cc(CNc2ccccc2CC)cc(OCC)c1OCC. The van der Waals surface area contributed by atoms with Crippen molar-refractivity contribution < 1.29 is 9.47 Å². The van der Waals surface area contributed by atoms with Crippen LogP contribution in [0.2, 0.25) is 0 Å². The van der Waals surface area contributed by atoms with Crippen LogP contribution in [0, 0.1) is 0 Å². The van der Waals surface area contributed by atoms with Crippen LogP contribution in [0.4, 0.5) is 5.69 Å². The zero-order valence-corrected chi connectivity index (χ0v) is 15.6. The van der Waals surface area contributed by atoms with Crippen molar-refractivity contribution in [3.05, 3.63) is 65.7 Å². The van der Waals surface area contributed by atoms with Crippen molar-refractivity contribution in [1.29, 1.82) is 0 Å². The normalized spacial score (nSPS) is 10.4. The minimum absolute atomic E-state index is 0.614. The first kappa shape index (κ1) is 18.9. The first-order valence-corrected chi connectivity index (χ1v) is 9.07. The average molecular weight is 339 g/mol. The molecule has 25 heavy (non-hydrogen) atoms. The summed E-state index contributed by atoms with van der Waals surface area (Å²) in [6, 6.07) is 12.7. The zero-order chi connectivity index (χ0) is 18.1. The number of benzene rings is 2. The van der Waals surface area contributed by atoms with E-state index in [1.807, 2.05) is 19.9 Å². The number of ether oxygens (including phenoxy) is 2. The van der Waals surface area contributed by atoms with Gasteiger partial charge in [-0.1, -0.05) is 31.2 Å². The molecule has 3 nitrogen and oxygen atoms in total. The van der Waals surface area contributed by atoms with Crippen LogP contribution in [-0.2, 0) is 19.4 Å². The van der Waals surface area contributed by atoms with Gasteiger partial charge in [0.05, 0.1) is 13.2 Å². The Morgan fingerprint density at radius 3 is 2.44 bits per heavy atom. The number of aryl methyl sites for hydroxylation is 1. The summed E-state index contributed by atoms with van der Waals surface area (Å²) in [4.78, 5) is 0. The monoisotopic (exact) mass is 339 g/mol. The summed E-state index contributed by atoms with van der Waals surface area (Å²) < 4.78 is 11.7. The van der Waals surface area contributed by atoms with Crippen molar-refractivity contribution in [2.24, 2.45) is 0 Å². The molecule has 0 fully saturated rings. The first-order chi connectivity index (χ1) is 12.2. The second-order valence-electron chi connectivity index (χ2n) is 5.81. The van der Waals surface area contributed by atoms with E-state index >= 15 is 0 Å². The third-order valence-electron chi connectivity index (χ3n) is 4.03. The van der Waals surface area contributed by atoms with Gasteiger partial charge in [0, 0.05) is 17.8 Å². The van der Waals surface area contributed by atoms with Crippen LogP contribution in [0.5, 0.6) is 11.5 Å². The van der Waals surface area contributed by atoms with Gasteiger partial charge in [-0.3, -0.25) is 0 Å². The maximum absolute atomic E-state index is 5.83. The summed E-state index contributed by atoms with van der Waals surface area (Å²) in [6.45, 7) is 12.0. The number of para-hydroxylation sites is 1. The van der Waals surface area contributed by atoms with E-state index in [0.717, 1.165) is 36.4 Å². The molecule has 0 atom stereocenters. The maximum atomic E-state index is 5.83. The predicted molar refractivity (Wildman–Crippen MR) is 106 cm³/mol. The van der Waals surface area contributed by atoms with Gasteiger partial charge in [0.1, 0.15) is 0 Å². The van der Waals surface area contributed by atoms with E-state index < -0.39 is 0 Å². The number of hydrogen-bond donors (Lipinski definition) is 1. The van der Waals surface area contributed by atoms with Gasteiger partial charge in [-0.15, -0.1) is 6.58 Å². The molecule has 134 valence electrons. The van der Waals surface area contributed by atoms with E-state index in [0.29, 0.717) is 13.2 Å². The van der Waals surface area contributed by atoms with Gasteiger partial charge < -0.3 is 14.8 Å². The van der Waals surface area contributed by atoms with Gasteiger partial charge in [-0.05, 0) is 56.0 Å². The van der Waals surface area contributed by atoms with Crippen LogP contribution >= 0.6 is 0 Å². The molecule has 0 saturated carbocycles. The molecule has 3 heteroatoms. The molecule has 0 bridgehead atoms. The summed E-state index contributed by atoms with van der Waals surface area (Å²) in [5.41, 5.74) is 4.80. The zero-order valence-electron chi connectivity index (χ0n) is 15.6. The topological polar surface area (TPSA) is 30.5 Å². The van der Waals surface area contributed by atoms with Crippen molar-refractivity contribution in [2.75, 3.05) is 18.5 Å². The Morgan fingerprint density at radius 1 is 1.00 bits per heavy atom. The molecule has 0 spiro atoms. The molecule has 0 unspecified atom stereocenters. The summed E-state index contributed by atoms with van der Waals surface area (Å²) in [7, 11) is 0. The van der Waals surface area contributed by atoms with Gasteiger partial charge in [-0.25, -0.2) is 0 Å². The Labute approximate surface area is 151 Å². The second-order valence-corrected chi connectivity index (χ2v) is 5.81. The van der Waals surface area contributed by atoms with Gasteiger partial charge in [0.25, 0.3) is 0 Å². The van der Waals surface area contributed by atoms with Crippen molar-refractivity contribution in [1.82, 2.24) is 0 Å². The molecule has 2 aromatic rings. The van der Waals surface area contributed by atoms with Crippen molar-refractivity contribution in [2.45, 2.75) is 40.2 Å². The highest BCUT2D eigenvalue weighted by molar-refractivity contribution is 5.54. The molecule has 0 aromatic heterocycles. The van der Waals surface area contributed by atoms with Crippen LogP contribution in [-0.4, -0.2) is 13.2 Å². The summed E-state index contributed by atoms with van der Waals surface area (Å²) in [6.07, 6.45) is 3.67. The highest BCUT2D eigenvalue weighted by Crippen LogP contribution is 2.34. The third-order valence-corrected chi connectivity index (χ3v) is 4.03. The molecule has 0 amide bonds. The van der Waals surface area contributed by atoms with Crippen molar-refractivity contribution in [3.63, 3.8) is 0 Å². The fourth-order valence-electron chi connectivity index (χ4n) is 2.90. The molecular formula is C22H29NO2. The van der Waals surface area contributed by atoms with E-state index in [-0.39, 0.29) is 0 Å². The second kappa shape index (κ2) is 9.77. The maximum Gasteiger partial charge on any atom is 0.164 e. The molecule has 0 aliphatic carbocycles. The number of nitrogens with one attached hydrogen (secondary N) is 1. The third kappa shape index (κ3) is 5.02. The van der Waals surface area contributed by atoms with Crippen LogP contribution in [0.3, 0.4) is 0 Å². The Hall–Kier alpha value is -2.42. The standard InChI is InChI=1S/C22H29NO2/c1-5-11-19-14-17(15-21(24-7-3)22(19)25-8-4)16-23-20-13-10-9-12-18(20)6-2/h5,9-10,12-15,23H,1,6-8,11,16H2,2-4H3. The minimum Gasteiger partial charge on any atom is -0.490 e. The van der Waals surface area contributed by atoms with Crippen molar-refractivity contribution in [3.8, 4) is 11.5 Å². The number of anilines is 1. The fourth-order valence-corrected chi connectivity index (χ4v) is 2.90. The van der Waals surface area contributed by atoms with Gasteiger partial charge in [-0.2, -0.15) is 0 Å². The molecule has 1 N–H and O–H groups in total. The number of hydrogen-bond acceptors (Lipinski definition) is 3. The number of allylic oxidation sites excluding steroid dienone is 1. The lowest BCUT2D eigenvalue weighted by atomic mass is 10.0. The first-order valence-electron chi connectivity index (χ1n) is 9.07. The fraction of sp³-hybridized carbons (Fsp3) is 0.364. The molecular weight excluding hydrogens is 310 g/mol. The summed E-state index contributed by atoms with van der Waals surface area (Å²) in [5.74, 6) is 1.64. The van der Waals surface area contributed by atoms with Crippen LogP contribution < -0.4 is 14.8 Å². The largest absolute Gasteiger partial charge is 0.490 e. The van der Waals surface area contributed by atoms with Gasteiger partial charge >= 0.3 is 0 Å². The highest BCUT2D eigenvalue weighted by atomic mass is 16.5. The van der Waals surface area contributed by atoms with E-state index in [1.165, 1.54) is 16.8 Å². The summed E-state index contributed by atoms with van der Waals surface area (Å²) in [5, 5.41) is 3.55. The predicted octanol–water partition coefficient (Wildman–Crippen LogP) is 5.39. The van der Waals surface area contributed by atoms with Crippen molar-refractivity contribution >= 4 is 5.69 Å². The Balaban J connectivity index is 2.28. The Morgan fingerprint density at radius 2 is 1.76 bits per heavy atom. The molecule has 2 rings (SSSR count). The molecule has 0 aliphatic rings. The Bertz CT molecular complexity index is 694. The molecule has 0 aliphatic heterocycles. The lowest BCUT2D eigenvalue weighted by Crippen LogP contribution is -2.06.